The summed E-state index contributed by atoms with van der Waals surface area (Å²) in [5, 5.41) is 2.57. The number of amides is 1. The molecule has 0 aromatic heterocycles. The molecule has 5 nitrogen and oxygen atoms in total. The van der Waals surface area contributed by atoms with Gasteiger partial charge in [-0.2, -0.15) is 0 Å². The largest absolute Gasteiger partial charge is 0.518 e. The summed E-state index contributed by atoms with van der Waals surface area (Å²) in [7, 11) is -2.20. The number of nitrogens with one attached hydrogen (secondary N) is 1. The van der Waals surface area contributed by atoms with E-state index in [0.717, 1.165) is 6.42 Å². The molecule has 0 aromatic rings. The minimum atomic E-state index is -2.20. The third-order valence-electron chi connectivity index (χ3n) is 4.18. The Morgan fingerprint density at radius 2 is 1.71 bits per heavy atom. The molecule has 0 saturated carbocycles. The maximum absolute atomic E-state index is 12.5. The van der Waals surface area contributed by atoms with E-state index in [1.807, 2.05) is 26.9 Å². The maximum atomic E-state index is 12.5. The van der Waals surface area contributed by atoms with E-state index in [1.54, 1.807) is 6.92 Å². The third-order valence-corrected chi connectivity index (χ3v) is 8.50. The van der Waals surface area contributed by atoms with Crippen LogP contribution in [0.2, 0.25) is 18.1 Å². The van der Waals surface area contributed by atoms with Crippen molar-refractivity contribution in [3.8, 4) is 0 Å². The van der Waals surface area contributed by atoms with Crippen LogP contribution in [0.15, 0.2) is 0 Å². The molecule has 0 bridgehead atoms. The molecule has 1 amide bonds. The molecule has 6 heteroatoms. The molecule has 0 spiro atoms. The molecule has 0 saturated heterocycles. The minimum absolute atomic E-state index is 0.00771. The lowest BCUT2D eigenvalue weighted by Gasteiger charge is -2.37. The fourth-order valence-corrected chi connectivity index (χ4v) is 2.37. The average Bonchev–Trinajstić information content (AvgIpc) is 2.33. The van der Waals surface area contributed by atoms with Crippen LogP contribution in [0.4, 0.5) is 4.79 Å². The highest BCUT2D eigenvalue weighted by atomic mass is 28.4. The number of carbonyl (C=O) groups is 2. The lowest BCUT2D eigenvalue weighted by Crippen LogP contribution is -2.51. The van der Waals surface area contributed by atoms with Gasteiger partial charge in [0.25, 0.3) is 8.32 Å². The number of hydrogen-bond acceptors (Lipinski definition) is 4. The highest BCUT2D eigenvalue weighted by molar-refractivity contribution is 6.75. The Kier molecular flexibility index (Phi) is 7.43. The zero-order valence-electron chi connectivity index (χ0n) is 14.7. The van der Waals surface area contributed by atoms with E-state index in [0.29, 0.717) is 0 Å². The van der Waals surface area contributed by atoms with Crippen LogP contribution >= 0.6 is 0 Å². The van der Waals surface area contributed by atoms with Gasteiger partial charge in [0.05, 0.1) is 6.61 Å². The maximum Gasteiger partial charge on any atom is 0.407 e. The molecule has 2 atom stereocenters. The first-order chi connectivity index (χ1) is 9.46. The molecule has 124 valence electrons. The van der Waals surface area contributed by atoms with Crippen molar-refractivity contribution in [3.63, 3.8) is 0 Å². The van der Waals surface area contributed by atoms with Gasteiger partial charge < -0.3 is 14.5 Å². The van der Waals surface area contributed by atoms with Crippen molar-refractivity contribution in [1.29, 1.82) is 0 Å². The van der Waals surface area contributed by atoms with Crippen LogP contribution in [0, 0.1) is 5.92 Å². The Labute approximate surface area is 129 Å². The van der Waals surface area contributed by atoms with E-state index in [2.05, 4.69) is 26.1 Å². The first kappa shape index (κ1) is 20.0. The zero-order chi connectivity index (χ0) is 16.8. The van der Waals surface area contributed by atoms with E-state index < -0.39 is 20.5 Å². The third kappa shape index (κ3) is 6.07. The second-order valence-corrected chi connectivity index (χ2v) is 11.6. The Morgan fingerprint density at radius 3 is 2.10 bits per heavy atom. The van der Waals surface area contributed by atoms with Crippen LogP contribution in [0.1, 0.15) is 48.0 Å². The Morgan fingerprint density at radius 1 is 1.19 bits per heavy atom. The number of hydrogen-bond donors (Lipinski definition) is 1. The van der Waals surface area contributed by atoms with Crippen LogP contribution < -0.4 is 5.32 Å². The number of ether oxygens (including phenoxy) is 1. The molecular weight excluding hydrogens is 286 g/mol. The van der Waals surface area contributed by atoms with Gasteiger partial charge in [0, 0.05) is 0 Å². The molecule has 0 radical (unpaired) electrons. The van der Waals surface area contributed by atoms with Crippen molar-refractivity contribution in [1.82, 2.24) is 5.32 Å². The topological polar surface area (TPSA) is 64.6 Å². The number of rotatable bonds is 6. The predicted octanol–water partition coefficient (Wildman–Crippen LogP) is 3.70. The summed E-state index contributed by atoms with van der Waals surface area (Å²) in [5.74, 6) is -0.365. The summed E-state index contributed by atoms with van der Waals surface area (Å²) < 4.78 is 10.7. The van der Waals surface area contributed by atoms with Gasteiger partial charge in [0.1, 0.15) is 6.04 Å². The van der Waals surface area contributed by atoms with E-state index in [9.17, 15) is 9.59 Å². The second-order valence-electron chi connectivity index (χ2n) is 6.91. The van der Waals surface area contributed by atoms with Gasteiger partial charge in [-0.25, -0.2) is 4.79 Å². The van der Waals surface area contributed by atoms with E-state index in [-0.39, 0.29) is 23.5 Å². The Balaban J connectivity index is 5.01. The Hall–Kier alpha value is -1.04. The van der Waals surface area contributed by atoms with Gasteiger partial charge in [0.15, 0.2) is 0 Å². The van der Waals surface area contributed by atoms with Gasteiger partial charge in [-0.3, -0.25) is 4.79 Å². The molecule has 0 heterocycles. The SMILES string of the molecule is CCOC(=O)NC(C(=O)O[Si](C)(C)C(C)(C)C)C(C)CC. The van der Waals surface area contributed by atoms with Crippen molar-refractivity contribution in [2.75, 3.05) is 6.61 Å². The summed E-state index contributed by atoms with van der Waals surface area (Å²) in [6.07, 6.45) is 0.193. The van der Waals surface area contributed by atoms with Crippen molar-refractivity contribution in [2.24, 2.45) is 5.92 Å². The monoisotopic (exact) mass is 317 g/mol. The summed E-state index contributed by atoms with van der Waals surface area (Å²) in [6, 6.07) is -0.664. The lowest BCUT2D eigenvalue weighted by molar-refractivity contribution is -0.139. The first-order valence-corrected chi connectivity index (χ1v) is 10.5. The van der Waals surface area contributed by atoms with Crippen LogP contribution in [-0.4, -0.2) is 33.0 Å². The van der Waals surface area contributed by atoms with Gasteiger partial charge in [0.2, 0.25) is 0 Å². The molecule has 0 rings (SSSR count). The highest BCUT2D eigenvalue weighted by Crippen LogP contribution is 2.37. The van der Waals surface area contributed by atoms with Gasteiger partial charge in [-0.05, 0) is 31.0 Å². The zero-order valence-corrected chi connectivity index (χ0v) is 15.7. The second kappa shape index (κ2) is 7.82. The minimum Gasteiger partial charge on any atom is -0.518 e. The van der Waals surface area contributed by atoms with Crippen LogP contribution in [0.3, 0.4) is 0 Å². The van der Waals surface area contributed by atoms with Gasteiger partial charge in [-0.15, -0.1) is 0 Å². The van der Waals surface area contributed by atoms with E-state index >= 15 is 0 Å². The van der Waals surface area contributed by atoms with Crippen molar-refractivity contribution < 1.29 is 18.8 Å². The van der Waals surface area contributed by atoms with Crippen molar-refractivity contribution >= 4 is 20.4 Å². The van der Waals surface area contributed by atoms with Crippen molar-refractivity contribution in [2.45, 2.75) is 72.1 Å². The molecule has 21 heavy (non-hydrogen) atoms. The fraction of sp³-hybridized carbons (Fsp3) is 0.867. The molecule has 0 aliphatic rings. The van der Waals surface area contributed by atoms with Crippen molar-refractivity contribution in [3.05, 3.63) is 0 Å². The average molecular weight is 318 g/mol. The van der Waals surface area contributed by atoms with Crippen LogP contribution in [-0.2, 0) is 14.0 Å². The van der Waals surface area contributed by atoms with Crippen LogP contribution in [0.25, 0.3) is 0 Å². The Bertz CT molecular complexity index is 363. The summed E-state index contributed by atoms with van der Waals surface area (Å²) in [4.78, 5) is 24.1. The normalized spacial score (nSPS) is 15.0. The summed E-state index contributed by atoms with van der Waals surface area (Å²) >= 11 is 0. The smallest absolute Gasteiger partial charge is 0.407 e. The molecule has 0 aliphatic heterocycles. The molecular formula is C15H31NO4Si. The first-order valence-electron chi connectivity index (χ1n) is 7.62. The molecule has 0 aliphatic carbocycles. The molecule has 2 unspecified atom stereocenters. The lowest BCUT2D eigenvalue weighted by atomic mass is 10.00. The molecule has 1 N–H and O–H groups in total. The van der Waals surface area contributed by atoms with Gasteiger partial charge in [-0.1, -0.05) is 41.0 Å². The van der Waals surface area contributed by atoms with E-state index in [1.165, 1.54) is 0 Å². The van der Waals surface area contributed by atoms with Crippen LogP contribution in [0.5, 0.6) is 0 Å². The predicted molar refractivity (Wildman–Crippen MR) is 86.7 cm³/mol. The number of carbonyl (C=O) groups excluding carboxylic acids is 2. The summed E-state index contributed by atoms with van der Waals surface area (Å²) in [5.41, 5.74) is 0. The van der Waals surface area contributed by atoms with Gasteiger partial charge >= 0.3 is 12.1 Å². The molecule has 0 aromatic carbocycles. The molecule has 0 fully saturated rings. The number of alkyl carbamates (subject to hydrolysis) is 1. The highest BCUT2D eigenvalue weighted by Gasteiger charge is 2.42. The fourth-order valence-electron chi connectivity index (χ4n) is 1.44. The summed E-state index contributed by atoms with van der Waals surface area (Å²) in [6.45, 7) is 16.2. The quantitative estimate of drug-likeness (QED) is 0.759. The van der Waals surface area contributed by atoms with E-state index in [4.69, 9.17) is 9.16 Å². The standard InChI is InChI=1S/C15H31NO4Si/c1-9-11(3)12(16-14(18)19-10-2)13(17)20-21(7,8)15(4,5)6/h11-12H,9-10H2,1-8H3,(H,16,18).